The van der Waals surface area contributed by atoms with Gasteiger partial charge in [0.15, 0.2) is 0 Å². The van der Waals surface area contributed by atoms with Crippen molar-refractivity contribution in [1.29, 1.82) is 0 Å². The lowest BCUT2D eigenvalue weighted by Crippen LogP contribution is -2.04. The first-order valence-electron chi connectivity index (χ1n) is 9.86. The summed E-state index contributed by atoms with van der Waals surface area (Å²) in [4.78, 5) is 11.1. The van der Waals surface area contributed by atoms with Gasteiger partial charge in [-0.15, -0.1) is 0 Å². The largest absolute Gasteiger partial charge is 0.488 e. The summed E-state index contributed by atoms with van der Waals surface area (Å²) in [6, 6.07) is 21.7. The van der Waals surface area contributed by atoms with Crippen LogP contribution in [0.3, 0.4) is 0 Å². The predicted molar refractivity (Wildman–Crippen MR) is 117 cm³/mol. The number of ether oxygens (including phenoxy) is 1. The molecule has 0 amide bonds. The highest BCUT2D eigenvalue weighted by atomic mass is 16.5. The van der Waals surface area contributed by atoms with Gasteiger partial charge in [-0.2, -0.15) is 0 Å². The summed E-state index contributed by atoms with van der Waals surface area (Å²) in [7, 11) is 0. The van der Waals surface area contributed by atoms with Gasteiger partial charge in [-0.05, 0) is 47.9 Å². The van der Waals surface area contributed by atoms with Gasteiger partial charge in [0.2, 0.25) is 0 Å². The fourth-order valence-corrected chi connectivity index (χ4v) is 3.56. The quantitative estimate of drug-likeness (QED) is 0.443. The van der Waals surface area contributed by atoms with Crippen molar-refractivity contribution in [2.24, 2.45) is 5.73 Å². The summed E-state index contributed by atoms with van der Waals surface area (Å²) in [6.45, 7) is 0.912. The van der Waals surface area contributed by atoms with Gasteiger partial charge in [-0.3, -0.25) is 4.79 Å². The SMILES string of the molecule is NCCc1cccc(-c2ccc3occ(COc4ccccc4CC(=O)O)c3c2)c1. The van der Waals surface area contributed by atoms with Crippen LogP contribution in [0, 0.1) is 0 Å². The highest BCUT2D eigenvalue weighted by molar-refractivity contribution is 5.86. The van der Waals surface area contributed by atoms with Gasteiger partial charge in [0.1, 0.15) is 17.9 Å². The van der Waals surface area contributed by atoms with E-state index in [1.54, 1.807) is 18.4 Å². The molecule has 1 aromatic heterocycles. The van der Waals surface area contributed by atoms with E-state index in [4.69, 9.17) is 20.0 Å². The topological polar surface area (TPSA) is 85.7 Å². The van der Waals surface area contributed by atoms with Crippen LogP contribution in [0.25, 0.3) is 22.1 Å². The maximum absolute atomic E-state index is 11.1. The zero-order valence-corrected chi connectivity index (χ0v) is 16.5. The highest BCUT2D eigenvalue weighted by Crippen LogP contribution is 2.30. The van der Waals surface area contributed by atoms with E-state index in [-0.39, 0.29) is 6.42 Å². The van der Waals surface area contributed by atoms with E-state index in [9.17, 15) is 4.79 Å². The number of carboxylic acid groups (broad SMARTS) is 1. The fraction of sp³-hybridized carbons (Fsp3) is 0.160. The number of aliphatic carboxylic acids is 1. The Kier molecular flexibility index (Phi) is 5.82. The van der Waals surface area contributed by atoms with Crippen molar-refractivity contribution in [2.45, 2.75) is 19.4 Å². The van der Waals surface area contributed by atoms with E-state index in [0.29, 0.717) is 24.5 Å². The first kappa shape index (κ1) is 19.7. The minimum atomic E-state index is -0.888. The van der Waals surface area contributed by atoms with Gasteiger partial charge in [-0.1, -0.05) is 48.5 Å². The minimum absolute atomic E-state index is 0.0778. The molecule has 0 spiro atoms. The fourth-order valence-electron chi connectivity index (χ4n) is 3.56. The number of hydrogen-bond acceptors (Lipinski definition) is 4. The Balaban J connectivity index is 1.60. The predicted octanol–water partition coefficient (Wildman–Crippen LogP) is 4.81. The van der Waals surface area contributed by atoms with E-state index in [1.165, 1.54) is 5.56 Å². The molecule has 0 radical (unpaired) electrons. The second-order valence-electron chi connectivity index (χ2n) is 7.18. The van der Waals surface area contributed by atoms with Gasteiger partial charge in [0.05, 0.1) is 12.7 Å². The third-order valence-corrected chi connectivity index (χ3v) is 5.04. The van der Waals surface area contributed by atoms with Crippen molar-refractivity contribution in [2.75, 3.05) is 6.54 Å². The molecule has 4 rings (SSSR count). The molecule has 0 aliphatic rings. The number of benzene rings is 3. The molecule has 1 heterocycles. The summed E-state index contributed by atoms with van der Waals surface area (Å²) in [5.74, 6) is -0.318. The standard InChI is InChI=1S/C25H23NO4/c26-11-10-17-4-3-6-18(12-17)19-8-9-24-22(13-19)21(16-30-24)15-29-23-7-2-1-5-20(23)14-25(27)28/h1-9,12-13,16H,10-11,14-15,26H2,(H,27,28). The molecule has 0 bridgehead atoms. The summed E-state index contributed by atoms with van der Waals surface area (Å²) in [6.07, 6.45) is 2.46. The van der Waals surface area contributed by atoms with Crippen LogP contribution in [0.4, 0.5) is 0 Å². The van der Waals surface area contributed by atoms with Gasteiger partial charge in [0.25, 0.3) is 0 Å². The van der Waals surface area contributed by atoms with Crippen molar-refractivity contribution >= 4 is 16.9 Å². The summed E-state index contributed by atoms with van der Waals surface area (Å²) in [5, 5.41) is 10.1. The number of nitrogens with two attached hydrogens (primary N) is 1. The van der Waals surface area contributed by atoms with Crippen molar-refractivity contribution in [3.63, 3.8) is 0 Å². The number of fused-ring (bicyclic) bond motifs is 1. The highest BCUT2D eigenvalue weighted by Gasteiger charge is 2.11. The lowest BCUT2D eigenvalue weighted by atomic mass is 10.00. The molecule has 152 valence electrons. The lowest BCUT2D eigenvalue weighted by molar-refractivity contribution is -0.136. The Hall–Kier alpha value is -3.57. The maximum atomic E-state index is 11.1. The molecule has 0 fully saturated rings. The van der Waals surface area contributed by atoms with Crippen LogP contribution in [0.5, 0.6) is 5.75 Å². The van der Waals surface area contributed by atoms with Crippen LogP contribution >= 0.6 is 0 Å². The molecule has 3 aromatic carbocycles. The van der Waals surface area contributed by atoms with E-state index >= 15 is 0 Å². The first-order valence-corrected chi connectivity index (χ1v) is 9.86. The summed E-state index contributed by atoms with van der Waals surface area (Å²) >= 11 is 0. The normalized spacial score (nSPS) is 11.0. The van der Waals surface area contributed by atoms with Crippen molar-refractivity contribution in [1.82, 2.24) is 0 Å². The summed E-state index contributed by atoms with van der Waals surface area (Å²) in [5.41, 5.74) is 11.5. The van der Waals surface area contributed by atoms with Crippen LogP contribution < -0.4 is 10.5 Å². The molecule has 0 saturated carbocycles. The molecular weight excluding hydrogens is 378 g/mol. The molecule has 0 aliphatic carbocycles. The minimum Gasteiger partial charge on any atom is -0.488 e. The smallest absolute Gasteiger partial charge is 0.307 e. The first-order chi connectivity index (χ1) is 14.6. The second-order valence-corrected chi connectivity index (χ2v) is 7.18. The van der Waals surface area contributed by atoms with Crippen LogP contribution in [0.2, 0.25) is 0 Å². The van der Waals surface area contributed by atoms with Crippen molar-refractivity contribution in [3.05, 3.63) is 89.7 Å². The Morgan fingerprint density at radius 2 is 1.80 bits per heavy atom. The van der Waals surface area contributed by atoms with E-state index in [0.717, 1.165) is 34.1 Å². The van der Waals surface area contributed by atoms with Crippen LogP contribution in [-0.2, 0) is 24.2 Å². The van der Waals surface area contributed by atoms with Gasteiger partial charge in [-0.25, -0.2) is 0 Å². The van der Waals surface area contributed by atoms with Crippen LogP contribution in [0.1, 0.15) is 16.7 Å². The molecule has 30 heavy (non-hydrogen) atoms. The lowest BCUT2D eigenvalue weighted by Gasteiger charge is -2.10. The van der Waals surface area contributed by atoms with Gasteiger partial charge >= 0.3 is 5.97 Å². The molecular formula is C25H23NO4. The molecule has 0 aliphatic heterocycles. The molecule has 5 nitrogen and oxygen atoms in total. The van der Waals surface area contributed by atoms with Crippen molar-refractivity contribution in [3.8, 4) is 16.9 Å². The van der Waals surface area contributed by atoms with Crippen LogP contribution in [-0.4, -0.2) is 17.6 Å². The zero-order chi connectivity index (χ0) is 20.9. The molecule has 0 saturated heterocycles. The number of rotatable bonds is 8. The molecule has 4 aromatic rings. The van der Waals surface area contributed by atoms with Crippen LogP contribution in [0.15, 0.2) is 77.4 Å². The van der Waals surface area contributed by atoms with E-state index in [1.807, 2.05) is 30.3 Å². The number of carboxylic acids is 1. The van der Waals surface area contributed by atoms with E-state index in [2.05, 4.69) is 24.3 Å². The average Bonchev–Trinajstić information content (AvgIpc) is 3.15. The van der Waals surface area contributed by atoms with Crippen molar-refractivity contribution < 1.29 is 19.1 Å². The number of carbonyl (C=O) groups is 1. The summed E-state index contributed by atoms with van der Waals surface area (Å²) < 4.78 is 11.6. The molecule has 0 atom stereocenters. The Morgan fingerprint density at radius 1 is 0.967 bits per heavy atom. The average molecular weight is 401 g/mol. The van der Waals surface area contributed by atoms with E-state index < -0.39 is 5.97 Å². The monoisotopic (exact) mass is 401 g/mol. The molecule has 0 unspecified atom stereocenters. The molecule has 5 heteroatoms. The number of hydrogen-bond donors (Lipinski definition) is 2. The zero-order valence-electron chi connectivity index (χ0n) is 16.5. The maximum Gasteiger partial charge on any atom is 0.307 e. The third-order valence-electron chi connectivity index (χ3n) is 5.04. The number of furan rings is 1. The Labute approximate surface area is 174 Å². The third kappa shape index (κ3) is 4.36. The van der Waals surface area contributed by atoms with Gasteiger partial charge in [0, 0.05) is 16.5 Å². The molecule has 3 N–H and O–H groups in total. The Morgan fingerprint density at radius 3 is 2.63 bits per heavy atom. The Bertz CT molecular complexity index is 1180. The number of para-hydroxylation sites is 1. The second kappa shape index (κ2) is 8.84. The van der Waals surface area contributed by atoms with Gasteiger partial charge < -0.3 is 20.0 Å².